The number of alkyl halides is 3. The topological polar surface area (TPSA) is 107 Å². The van der Waals surface area contributed by atoms with Gasteiger partial charge in [0.1, 0.15) is 12.4 Å². The smallest absolute Gasteiger partial charge is 0.419 e. The number of nitrogens with zero attached hydrogens (tertiary/aromatic N) is 4. The van der Waals surface area contributed by atoms with Gasteiger partial charge in [-0.25, -0.2) is 9.78 Å². The molecule has 2 heterocycles. The van der Waals surface area contributed by atoms with Gasteiger partial charge in [-0.2, -0.15) is 18.4 Å². The number of carbonyl (C=O) groups is 2. The number of hydrogen-bond acceptors (Lipinski definition) is 6. The average Bonchev–Trinajstić information content (AvgIpc) is 2.58. The summed E-state index contributed by atoms with van der Waals surface area (Å²) < 4.78 is 43.6. The van der Waals surface area contributed by atoms with E-state index in [1.807, 2.05) is 0 Å². The molecule has 11 heteroatoms. The first-order valence-electron chi connectivity index (χ1n) is 7.48. The summed E-state index contributed by atoms with van der Waals surface area (Å²) in [6.45, 7) is 1.22. The Labute approximate surface area is 146 Å². The molecule has 26 heavy (non-hydrogen) atoms. The van der Waals surface area contributed by atoms with Gasteiger partial charge in [0.2, 0.25) is 0 Å². The molecular weight excluding hydrogens is 357 g/mol. The molecule has 0 unspecified atom stereocenters. The van der Waals surface area contributed by atoms with Gasteiger partial charge in [-0.3, -0.25) is 4.79 Å². The van der Waals surface area contributed by atoms with Crippen molar-refractivity contribution in [3.05, 3.63) is 23.4 Å². The minimum absolute atomic E-state index is 0.0206. The Bertz CT molecular complexity index is 747. The van der Waals surface area contributed by atoms with Crippen molar-refractivity contribution in [1.82, 2.24) is 9.88 Å². The molecule has 140 valence electrons. The highest BCUT2D eigenvalue weighted by molar-refractivity contribution is 5.67. The molecule has 1 fully saturated rings. The number of carboxylic acid groups (broad SMARTS) is 1. The van der Waals surface area contributed by atoms with Crippen molar-refractivity contribution < 1.29 is 32.6 Å². The molecule has 0 spiro atoms. The van der Waals surface area contributed by atoms with E-state index in [1.54, 1.807) is 0 Å². The van der Waals surface area contributed by atoms with E-state index >= 15 is 0 Å². The normalized spacial score (nSPS) is 17.6. The zero-order valence-corrected chi connectivity index (χ0v) is 13.7. The van der Waals surface area contributed by atoms with Gasteiger partial charge in [0.25, 0.3) is 0 Å². The summed E-state index contributed by atoms with van der Waals surface area (Å²) >= 11 is 0. The van der Waals surface area contributed by atoms with Crippen LogP contribution in [0.15, 0.2) is 12.3 Å². The summed E-state index contributed by atoms with van der Waals surface area (Å²) in [4.78, 5) is 28.6. The molecule has 0 radical (unpaired) electrons. The first kappa shape index (κ1) is 19.3. The Balaban J connectivity index is 2.33. The van der Waals surface area contributed by atoms with Crippen molar-refractivity contribution in [2.24, 2.45) is 0 Å². The summed E-state index contributed by atoms with van der Waals surface area (Å²) in [7, 11) is 0. The fraction of sp³-hybridized carbons (Fsp3) is 0.467. The molecule has 1 N–H and O–H groups in total. The maximum absolute atomic E-state index is 12.9. The summed E-state index contributed by atoms with van der Waals surface area (Å²) in [5.41, 5.74) is -1.74. The van der Waals surface area contributed by atoms with Gasteiger partial charge in [0.15, 0.2) is 0 Å². The lowest BCUT2D eigenvalue weighted by Crippen LogP contribution is -2.56. The zero-order valence-electron chi connectivity index (χ0n) is 13.7. The minimum atomic E-state index is -4.71. The monoisotopic (exact) mass is 372 g/mol. The van der Waals surface area contributed by atoms with Gasteiger partial charge >= 0.3 is 18.2 Å². The van der Waals surface area contributed by atoms with Crippen LogP contribution < -0.4 is 4.90 Å². The average molecular weight is 372 g/mol. The van der Waals surface area contributed by atoms with Gasteiger partial charge in [-0.15, -0.1) is 0 Å². The SMILES string of the molecule is CC(=O)OC[C@H]1CN(C(=O)O)CCN1c1cc(C#N)c(C(F)(F)F)cn1. The minimum Gasteiger partial charge on any atom is -0.465 e. The summed E-state index contributed by atoms with van der Waals surface area (Å²) in [5.74, 6) is -0.493. The summed E-state index contributed by atoms with van der Waals surface area (Å²) in [6.07, 6.45) is -5.30. The third kappa shape index (κ3) is 4.33. The fourth-order valence-electron chi connectivity index (χ4n) is 2.61. The Kier molecular flexibility index (Phi) is 5.54. The van der Waals surface area contributed by atoms with Crippen molar-refractivity contribution in [3.63, 3.8) is 0 Å². The number of hydrogen-bond donors (Lipinski definition) is 1. The molecule has 8 nitrogen and oxygen atoms in total. The number of rotatable bonds is 3. The van der Waals surface area contributed by atoms with E-state index in [1.165, 1.54) is 17.9 Å². The molecule has 1 aliphatic heterocycles. The van der Waals surface area contributed by atoms with Gasteiger partial charge < -0.3 is 19.6 Å². The summed E-state index contributed by atoms with van der Waals surface area (Å²) in [6, 6.07) is 1.86. The largest absolute Gasteiger partial charge is 0.465 e. The highest BCUT2D eigenvalue weighted by atomic mass is 19.4. The number of halogens is 3. The third-order valence-corrected chi connectivity index (χ3v) is 3.84. The predicted octanol–water partition coefficient (Wildman–Crippen LogP) is 1.70. The van der Waals surface area contributed by atoms with Crippen LogP contribution in [-0.2, 0) is 15.7 Å². The van der Waals surface area contributed by atoms with Crippen LogP contribution in [0.25, 0.3) is 0 Å². The van der Waals surface area contributed by atoms with E-state index in [0.717, 1.165) is 11.0 Å². The summed E-state index contributed by atoms with van der Waals surface area (Å²) in [5, 5.41) is 18.1. The van der Waals surface area contributed by atoms with Crippen LogP contribution in [0.1, 0.15) is 18.1 Å². The van der Waals surface area contributed by atoms with Crippen molar-refractivity contribution in [1.29, 1.82) is 5.26 Å². The molecule has 0 bridgehead atoms. The number of anilines is 1. The number of esters is 1. The number of piperazine rings is 1. The van der Waals surface area contributed by atoms with Gasteiger partial charge in [-0.1, -0.05) is 0 Å². The first-order chi connectivity index (χ1) is 12.1. The molecular formula is C15H15F3N4O4. The second-order valence-corrected chi connectivity index (χ2v) is 5.58. The maximum atomic E-state index is 12.9. The van der Waals surface area contributed by atoms with Crippen molar-refractivity contribution in [2.75, 3.05) is 31.1 Å². The highest BCUT2D eigenvalue weighted by Gasteiger charge is 2.36. The molecule has 2 rings (SSSR count). The Hall–Kier alpha value is -3.03. The van der Waals surface area contributed by atoms with Crippen molar-refractivity contribution in [2.45, 2.75) is 19.1 Å². The van der Waals surface area contributed by atoms with Crippen LogP contribution in [-0.4, -0.2) is 59.3 Å². The van der Waals surface area contributed by atoms with E-state index in [-0.39, 0.29) is 32.1 Å². The van der Waals surface area contributed by atoms with E-state index < -0.39 is 35.4 Å². The van der Waals surface area contributed by atoms with Crippen LogP contribution in [0, 0.1) is 11.3 Å². The number of pyridine rings is 1. The van der Waals surface area contributed by atoms with Crippen molar-refractivity contribution in [3.8, 4) is 6.07 Å². The molecule has 0 aliphatic carbocycles. The standard InChI is InChI=1S/C15H15F3N4O4/c1-9(23)26-8-11-7-21(14(24)25)2-3-22(11)13-4-10(5-19)12(6-20-13)15(16,17)18/h4,6,11H,2-3,7-8H2,1H3,(H,24,25)/t11-/m1/s1. The number of aromatic nitrogens is 1. The Morgan fingerprint density at radius 1 is 1.46 bits per heavy atom. The van der Waals surface area contributed by atoms with Crippen molar-refractivity contribution >= 4 is 17.9 Å². The van der Waals surface area contributed by atoms with E-state index in [2.05, 4.69) is 4.98 Å². The number of ether oxygens (including phenoxy) is 1. The van der Waals surface area contributed by atoms with Gasteiger partial charge in [-0.05, 0) is 6.07 Å². The molecule has 0 aromatic carbocycles. The van der Waals surface area contributed by atoms with Crippen LogP contribution in [0.2, 0.25) is 0 Å². The molecule has 1 aromatic heterocycles. The third-order valence-electron chi connectivity index (χ3n) is 3.84. The lowest BCUT2D eigenvalue weighted by atomic mass is 10.1. The van der Waals surface area contributed by atoms with Crippen LogP contribution in [0.3, 0.4) is 0 Å². The molecule has 1 atom stereocenters. The zero-order chi connectivity index (χ0) is 19.5. The van der Waals surface area contributed by atoms with Crippen LogP contribution in [0.5, 0.6) is 0 Å². The molecule has 1 saturated heterocycles. The Morgan fingerprint density at radius 2 is 2.15 bits per heavy atom. The number of carbonyl (C=O) groups excluding carboxylic acids is 1. The maximum Gasteiger partial charge on any atom is 0.419 e. The number of amides is 1. The first-order valence-corrected chi connectivity index (χ1v) is 7.48. The highest BCUT2D eigenvalue weighted by Crippen LogP contribution is 2.33. The van der Waals surface area contributed by atoms with Crippen LogP contribution in [0.4, 0.5) is 23.8 Å². The predicted molar refractivity (Wildman–Crippen MR) is 81.3 cm³/mol. The van der Waals surface area contributed by atoms with E-state index in [4.69, 9.17) is 15.1 Å². The molecule has 1 aromatic rings. The molecule has 0 saturated carbocycles. The van der Waals surface area contributed by atoms with E-state index in [9.17, 15) is 22.8 Å². The van der Waals surface area contributed by atoms with E-state index in [0.29, 0.717) is 6.20 Å². The van der Waals surface area contributed by atoms with Gasteiger partial charge in [0.05, 0.1) is 23.2 Å². The number of nitriles is 1. The fourth-order valence-corrected chi connectivity index (χ4v) is 2.61. The Morgan fingerprint density at radius 3 is 2.69 bits per heavy atom. The lowest BCUT2D eigenvalue weighted by Gasteiger charge is -2.40. The second-order valence-electron chi connectivity index (χ2n) is 5.58. The lowest BCUT2D eigenvalue weighted by molar-refractivity contribution is -0.141. The second kappa shape index (κ2) is 7.47. The quantitative estimate of drug-likeness (QED) is 0.805. The molecule has 1 amide bonds. The molecule has 1 aliphatic rings. The van der Waals surface area contributed by atoms with Crippen LogP contribution >= 0.6 is 0 Å². The van der Waals surface area contributed by atoms with Gasteiger partial charge in [0, 0.05) is 32.8 Å².